The number of nitrogens with zero attached hydrogens (tertiary/aromatic N) is 1. The molecule has 1 unspecified atom stereocenters. The van der Waals surface area contributed by atoms with Gasteiger partial charge in [-0.15, -0.1) is 0 Å². The van der Waals surface area contributed by atoms with Crippen LogP contribution in [-0.2, 0) is 24.8 Å². The van der Waals surface area contributed by atoms with Crippen LogP contribution in [0.5, 0.6) is 5.75 Å². The Labute approximate surface area is 219 Å². The van der Waals surface area contributed by atoms with E-state index in [0.717, 1.165) is 0 Å². The summed E-state index contributed by atoms with van der Waals surface area (Å²) in [6.45, 7) is 1.32. The van der Waals surface area contributed by atoms with E-state index in [9.17, 15) is 21.6 Å². The summed E-state index contributed by atoms with van der Waals surface area (Å²) >= 11 is 12.0. The van der Waals surface area contributed by atoms with Crippen LogP contribution in [0.25, 0.3) is 0 Å². The topological polar surface area (TPSA) is 122 Å². The smallest absolute Gasteiger partial charge is 0.267 e. The van der Waals surface area contributed by atoms with Crippen LogP contribution >= 0.6 is 23.2 Å². The number of benzene rings is 3. The number of rotatable bonds is 7. The zero-order valence-electron chi connectivity index (χ0n) is 18.8. The molecule has 1 aliphatic heterocycles. The normalized spacial score (nSPS) is 15.5. The lowest BCUT2D eigenvalue weighted by atomic mass is 10.2. The number of carbonyl (C=O) groups excluding carboxylic acids is 1. The van der Waals surface area contributed by atoms with Gasteiger partial charge in [-0.1, -0.05) is 41.4 Å². The van der Waals surface area contributed by atoms with E-state index in [1.54, 1.807) is 30.3 Å². The lowest BCUT2D eigenvalue weighted by Gasteiger charge is -2.34. The minimum absolute atomic E-state index is 0.0693. The number of fused-ring (bicyclic) bond motifs is 1. The van der Waals surface area contributed by atoms with E-state index in [-0.39, 0.29) is 38.7 Å². The maximum atomic E-state index is 12.9. The Balaban J connectivity index is 1.49. The van der Waals surface area contributed by atoms with Gasteiger partial charge < -0.3 is 10.1 Å². The number of nitrogens with one attached hydrogen (secondary N) is 2. The minimum Gasteiger partial charge on any atom is -0.476 e. The SMILES string of the molecule is CCS(=O)(=O)N1CC(C(=O)Nc2ccc(S(=O)(=O)Nc3cccc(Cl)c3Cl)cc2)Oc2ccccc21. The van der Waals surface area contributed by atoms with Crippen LogP contribution in [0.3, 0.4) is 0 Å². The van der Waals surface area contributed by atoms with E-state index in [0.29, 0.717) is 11.4 Å². The first-order valence-electron chi connectivity index (χ1n) is 10.7. The summed E-state index contributed by atoms with van der Waals surface area (Å²) in [6.07, 6.45) is -1.11. The highest BCUT2D eigenvalue weighted by molar-refractivity contribution is 7.93. The highest BCUT2D eigenvalue weighted by atomic mass is 35.5. The first-order chi connectivity index (χ1) is 17.0. The Bertz CT molecular complexity index is 1510. The maximum absolute atomic E-state index is 12.9. The van der Waals surface area contributed by atoms with Crippen molar-refractivity contribution in [2.45, 2.75) is 17.9 Å². The van der Waals surface area contributed by atoms with Gasteiger partial charge in [0, 0.05) is 5.69 Å². The summed E-state index contributed by atoms with van der Waals surface area (Å²) in [5.74, 6) is -0.451. The van der Waals surface area contributed by atoms with E-state index in [1.807, 2.05) is 0 Å². The Morgan fingerprint density at radius 2 is 1.69 bits per heavy atom. The van der Waals surface area contributed by atoms with Crippen LogP contribution in [-0.4, -0.2) is 41.1 Å². The van der Waals surface area contributed by atoms with Crippen molar-refractivity contribution >= 4 is 66.2 Å². The summed E-state index contributed by atoms with van der Waals surface area (Å²) in [4.78, 5) is 12.8. The fourth-order valence-corrected chi connectivity index (χ4v) is 6.08. The standard InChI is InChI=1S/C23H21Cl2N3O6S2/c1-2-35(30,31)28-14-21(34-20-9-4-3-8-19(20)28)23(29)26-15-10-12-16(13-11-15)36(32,33)27-18-7-5-6-17(24)22(18)25/h3-13,21,27H,2,14H2,1H3,(H,26,29). The number of hydrogen-bond donors (Lipinski definition) is 2. The third kappa shape index (κ3) is 5.39. The highest BCUT2D eigenvalue weighted by Crippen LogP contribution is 2.35. The van der Waals surface area contributed by atoms with Crippen molar-refractivity contribution in [1.29, 1.82) is 0 Å². The monoisotopic (exact) mass is 569 g/mol. The summed E-state index contributed by atoms with van der Waals surface area (Å²) in [6, 6.07) is 16.6. The third-order valence-corrected chi connectivity index (χ3v) is 9.30. The molecular formula is C23H21Cl2N3O6S2. The first-order valence-corrected chi connectivity index (χ1v) is 14.5. The molecule has 0 radical (unpaired) electrons. The molecule has 0 spiro atoms. The van der Waals surface area contributed by atoms with Crippen LogP contribution in [0.2, 0.25) is 10.0 Å². The van der Waals surface area contributed by atoms with Crippen LogP contribution in [0.1, 0.15) is 6.92 Å². The van der Waals surface area contributed by atoms with Crippen LogP contribution in [0.15, 0.2) is 71.6 Å². The van der Waals surface area contributed by atoms with E-state index in [4.69, 9.17) is 27.9 Å². The lowest BCUT2D eigenvalue weighted by Crippen LogP contribution is -2.49. The molecule has 36 heavy (non-hydrogen) atoms. The third-order valence-electron chi connectivity index (χ3n) is 5.36. The molecule has 1 amide bonds. The van der Waals surface area contributed by atoms with E-state index in [1.165, 1.54) is 47.6 Å². The highest BCUT2D eigenvalue weighted by Gasteiger charge is 2.36. The fourth-order valence-electron chi connectivity index (χ4n) is 3.48. The van der Waals surface area contributed by atoms with Gasteiger partial charge in [-0.25, -0.2) is 16.8 Å². The second kappa shape index (κ2) is 10.2. The molecule has 0 aliphatic carbocycles. The zero-order chi connectivity index (χ0) is 26.1. The Morgan fingerprint density at radius 1 is 1.00 bits per heavy atom. The van der Waals surface area contributed by atoms with Gasteiger partial charge in [0.15, 0.2) is 6.10 Å². The van der Waals surface area contributed by atoms with E-state index >= 15 is 0 Å². The Hall–Kier alpha value is -2.99. The molecule has 0 saturated carbocycles. The van der Waals surface area contributed by atoms with Gasteiger partial charge in [-0.3, -0.25) is 13.8 Å². The molecule has 1 atom stereocenters. The summed E-state index contributed by atoms with van der Waals surface area (Å²) in [7, 11) is -7.63. The van der Waals surface area contributed by atoms with Crippen molar-refractivity contribution in [3.05, 3.63) is 76.8 Å². The van der Waals surface area contributed by atoms with Gasteiger partial charge in [0.05, 0.1) is 38.6 Å². The largest absolute Gasteiger partial charge is 0.476 e. The van der Waals surface area contributed by atoms with Gasteiger partial charge in [0.25, 0.3) is 15.9 Å². The molecule has 0 bridgehead atoms. The number of anilines is 3. The molecule has 13 heteroatoms. The molecular weight excluding hydrogens is 549 g/mol. The second-order valence-corrected chi connectivity index (χ2v) is 12.4. The molecule has 1 heterocycles. The van der Waals surface area contributed by atoms with Gasteiger partial charge in [-0.05, 0) is 55.5 Å². The van der Waals surface area contributed by atoms with E-state index < -0.39 is 32.1 Å². The number of sulfonamides is 2. The minimum atomic E-state index is -3.98. The quantitative estimate of drug-likeness (QED) is 0.436. The summed E-state index contributed by atoms with van der Waals surface area (Å²) < 4.78 is 60.0. The average Bonchev–Trinajstić information content (AvgIpc) is 2.86. The molecule has 190 valence electrons. The lowest BCUT2D eigenvalue weighted by molar-refractivity contribution is -0.122. The van der Waals surface area contributed by atoms with Gasteiger partial charge >= 0.3 is 0 Å². The van der Waals surface area contributed by atoms with Crippen molar-refractivity contribution in [3.63, 3.8) is 0 Å². The molecule has 3 aromatic carbocycles. The van der Waals surface area contributed by atoms with Gasteiger partial charge in [0.2, 0.25) is 10.0 Å². The zero-order valence-corrected chi connectivity index (χ0v) is 22.0. The molecule has 0 saturated heterocycles. The van der Waals surface area contributed by atoms with Gasteiger partial charge in [-0.2, -0.15) is 0 Å². The molecule has 4 rings (SSSR count). The predicted molar refractivity (Wildman–Crippen MR) is 140 cm³/mol. The predicted octanol–water partition coefficient (Wildman–Crippen LogP) is 4.35. The van der Waals surface area contributed by atoms with Crippen molar-refractivity contribution in [1.82, 2.24) is 0 Å². The second-order valence-electron chi connectivity index (χ2n) is 7.73. The number of hydrogen-bond acceptors (Lipinski definition) is 6. The molecule has 9 nitrogen and oxygen atoms in total. The molecule has 2 N–H and O–H groups in total. The number of para-hydroxylation sites is 2. The molecule has 3 aromatic rings. The number of carbonyl (C=O) groups is 1. The number of ether oxygens (including phenoxy) is 1. The van der Waals surface area contributed by atoms with Crippen molar-refractivity contribution < 1.29 is 26.4 Å². The Morgan fingerprint density at radius 3 is 2.39 bits per heavy atom. The number of amides is 1. The maximum Gasteiger partial charge on any atom is 0.267 e. The van der Waals surface area contributed by atoms with Crippen molar-refractivity contribution in [2.24, 2.45) is 0 Å². The van der Waals surface area contributed by atoms with Crippen molar-refractivity contribution in [3.8, 4) is 5.75 Å². The Kier molecular flexibility index (Phi) is 7.37. The van der Waals surface area contributed by atoms with Crippen LogP contribution in [0.4, 0.5) is 17.1 Å². The van der Waals surface area contributed by atoms with Crippen LogP contribution < -0.4 is 19.1 Å². The summed E-state index contributed by atoms with van der Waals surface area (Å²) in [5, 5.41) is 2.91. The molecule has 1 aliphatic rings. The molecule has 0 fully saturated rings. The number of halogens is 2. The van der Waals surface area contributed by atoms with Crippen molar-refractivity contribution in [2.75, 3.05) is 26.6 Å². The fraction of sp³-hybridized carbons (Fsp3) is 0.174. The summed E-state index contributed by atoms with van der Waals surface area (Å²) in [5.41, 5.74) is 0.792. The van der Waals surface area contributed by atoms with Crippen LogP contribution in [0, 0.1) is 0 Å². The van der Waals surface area contributed by atoms with E-state index in [2.05, 4.69) is 10.0 Å². The average molecular weight is 570 g/mol. The molecule has 0 aromatic heterocycles. The van der Waals surface area contributed by atoms with Gasteiger partial charge in [0.1, 0.15) is 5.75 Å². The first kappa shape index (κ1) is 26.1.